The number of phosphoric acid groups is 3. The Morgan fingerprint density at radius 2 is 1.20 bits per heavy atom. The van der Waals surface area contributed by atoms with Crippen LogP contribution in [0.4, 0.5) is 0 Å². The molecule has 25 heavy (non-hydrogen) atoms. The number of hydrogen-bond donors (Lipinski definition) is 7. The Labute approximate surface area is 142 Å². The Hall–Kier alpha value is 0.250. The maximum atomic E-state index is 11.1. The van der Waals surface area contributed by atoms with Crippen LogP contribution >= 0.6 is 23.5 Å². The summed E-state index contributed by atoms with van der Waals surface area (Å²) < 4.78 is 46.6. The lowest BCUT2D eigenvalue weighted by Crippen LogP contribution is -2.57. The molecule has 0 aromatic carbocycles. The standard InChI is InChI=1S/C8H20NO13P3/c10-3-1-2-9-4-6(20-23(11,12)13)8(22-25(17,18)19)7(5-9)21-24(14,15)16/h6-8,10H,1-5H2,(H2,11,12,13)(H2,14,15,16)(H2,17,18,19)/t6-,7-/m1/s1. The van der Waals surface area contributed by atoms with Crippen LogP contribution in [0.1, 0.15) is 6.42 Å². The van der Waals surface area contributed by atoms with Crippen LogP contribution in [0, 0.1) is 0 Å². The van der Waals surface area contributed by atoms with Gasteiger partial charge < -0.3 is 34.5 Å². The van der Waals surface area contributed by atoms with E-state index in [2.05, 4.69) is 13.6 Å². The van der Waals surface area contributed by atoms with Gasteiger partial charge in [-0.3, -0.25) is 18.5 Å². The van der Waals surface area contributed by atoms with Crippen molar-refractivity contribution in [3.63, 3.8) is 0 Å². The van der Waals surface area contributed by atoms with Gasteiger partial charge in [0.05, 0.1) is 0 Å². The fourth-order valence-corrected chi connectivity index (χ4v) is 4.01. The topological polar surface area (TPSA) is 224 Å². The summed E-state index contributed by atoms with van der Waals surface area (Å²) in [7, 11) is -15.5. The van der Waals surface area contributed by atoms with Gasteiger partial charge in [0.1, 0.15) is 18.3 Å². The van der Waals surface area contributed by atoms with Crippen molar-refractivity contribution in [2.45, 2.75) is 24.7 Å². The van der Waals surface area contributed by atoms with Crippen LogP contribution in [0.15, 0.2) is 0 Å². The number of phosphoric ester groups is 3. The van der Waals surface area contributed by atoms with E-state index in [0.717, 1.165) is 0 Å². The summed E-state index contributed by atoms with van der Waals surface area (Å²) in [5.41, 5.74) is 0. The molecule has 14 nitrogen and oxygen atoms in total. The first-order valence-electron chi connectivity index (χ1n) is 6.75. The number of aliphatic hydroxyl groups is 1. The highest BCUT2D eigenvalue weighted by molar-refractivity contribution is 7.47. The maximum Gasteiger partial charge on any atom is 0.470 e. The number of nitrogens with zero attached hydrogens (tertiary/aromatic N) is 1. The molecule has 17 heteroatoms. The first-order valence-corrected chi connectivity index (χ1v) is 11.3. The highest BCUT2D eigenvalue weighted by atomic mass is 31.2. The molecule has 2 atom stereocenters. The molecule has 1 saturated heterocycles. The monoisotopic (exact) mass is 431 g/mol. The summed E-state index contributed by atoms with van der Waals surface area (Å²) in [6.07, 6.45) is -4.99. The average molecular weight is 431 g/mol. The zero-order valence-corrected chi connectivity index (χ0v) is 15.3. The van der Waals surface area contributed by atoms with Gasteiger partial charge in [-0.2, -0.15) is 0 Å². The van der Waals surface area contributed by atoms with Gasteiger partial charge in [0.25, 0.3) is 0 Å². The Morgan fingerprint density at radius 1 is 0.800 bits per heavy atom. The van der Waals surface area contributed by atoms with Gasteiger partial charge in [0.15, 0.2) is 0 Å². The van der Waals surface area contributed by atoms with Gasteiger partial charge in [0, 0.05) is 26.2 Å². The highest BCUT2D eigenvalue weighted by Crippen LogP contribution is 2.48. The Balaban J connectivity index is 3.12. The Kier molecular flexibility index (Phi) is 8.35. The van der Waals surface area contributed by atoms with E-state index in [-0.39, 0.29) is 32.7 Å². The summed E-state index contributed by atoms with van der Waals surface area (Å²) in [5.74, 6) is 0. The molecule has 150 valence electrons. The summed E-state index contributed by atoms with van der Waals surface area (Å²) >= 11 is 0. The van der Waals surface area contributed by atoms with Gasteiger partial charge in [-0.25, -0.2) is 13.7 Å². The largest absolute Gasteiger partial charge is 0.470 e. The molecule has 0 spiro atoms. The van der Waals surface area contributed by atoms with Crippen LogP contribution in [-0.4, -0.2) is 83.9 Å². The molecule has 0 radical (unpaired) electrons. The lowest BCUT2D eigenvalue weighted by molar-refractivity contribution is -0.0992. The average Bonchev–Trinajstić information content (AvgIpc) is 2.35. The Bertz CT molecular complexity index is 534. The van der Waals surface area contributed by atoms with Crippen LogP contribution in [0.5, 0.6) is 0 Å². The third-order valence-electron chi connectivity index (χ3n) is 3.05. The van der Waals surface area contributed by atoms with E-state index in [1.807, 2.05) is 0 Å². The minimum atomic E-state index is -5.21. The van der Waals surface area contributed by atoms with E-state index in [1.54, 1.807) is 0 Å². The van der Waals surface area contributed by atoms with Gasteiger partial charge in [-0.05, 0) is 6.42 Å². The second-order valence-electron chi connectivity index (χ2n) is 5.17. The summed E-state index contributed by atoms with van der Waals surface area (Å²) in [6, 6.07) is 0. The third-order valence-corrected chi connectivity index (χ3v) is 4.65. The van der Waals surface area contributed by atoms with E-state index in [9.17, 15) is 13.7 Å². The summed E-state index contributed by atoms with van der Waals surface area (Å²) in [5, 5.41) is 8.84. The molecule has 7 N–H and O–H groups in total. The van der Waals surface area contributed by atoms with E-state index in [1.165, 1.54) is 4.90 Å². The van der Waals surface area contributed by atoms with Crippen LogP contribution in [0.2, 0.25) is 0 Å². The van der Waals surface area contributed by atoms with Crippen molar-refractivity contribution in [3.05, 3.63) is 0 Å². The van der Waals surface area contributed by atoms with Gasteiger partial charge in [-0.1, -0.05) is 0 Å². The van der Waals surface area contributed by atoms with Crippen LogP contribution in [0.25, 0.3) is 0 Å². The molecule has 0 unspecified atom stereocenters. The minimum Gasteiger partial charge on any atom is -0.396 e. The third kappa shape index (κ3) is 9.66. The lowest BCUT2D eigenvalue weighted by Gasteiger charge is -2.42. The highest BCUT2D eigenvalue weighted by Gasteiger charge is 2.47. The molecule has 0 aliphatic carbocycles. The molecule has 0 amide bonds. The molecule has 0 aromatic rings. The predicted octanol–water partition coefficient (Wildman–Crippen LogP) is -1.88. The van der Waals surface area contributed by atoms with Crippen LogP contribution in [-0.2, 0) is 27.3 Å². The van der Waals surface area contributed by atoms with E-state index in [4.69, 9.17) is 34.5 Å². The second-order valence-corrected chi connectivity index (χ2v) is 8.74. The first kappa shape index (κ1) is 23.3. The molecule has 1 heterocycles. The van der Waals surface area contributed by atoms with Crippen molar-refractivity contribution >= 4 is 23.5 Å². The van der Waals surface area contributed by atoms with Crippen LogP contribution < -0.4 is 0 Å². The van der Waals surface area contributed by atoms with Crippen molar-refractivity contribution < 1.29 is 61.7 Å². The number of piperidine rings is 1. The molecule has 1 fully saturated rings. The van der Waals surface area contributed by atoms with Crippen molar-refractivity contribution in [2.24, 2.45) is 0 Å². The predicted molar refractivity (Wildman–Crippen MR) is 78.9 cm³/mol. The van der Waals surface area contributed by atoms with Crippen molar-refractivity contribution in [3.8, 4) is 0 Å². The molecule has 1 rings (SSSR count). The second kappa shape index (κ2) is 8.96. The quantitative estimate of drug-likeness (QED) is 0.198. The number of hydrogen-bond acceptors (Lipinski definition) is 8. The zero-order chi connectivity index (χ0) is 19.5. The van der Waals surface area contributed by atoms with Gasteiger partial charge >= 0.3 is 23.5 Å². The summed E-state index contributed by atoms with van der Waals surface area (Å²) in [6.45, 7) is -0.679. The molecular formula is C8H20NO13P3. The molecule has 0 saturated carbocycles. The lowest BCUT2D eigenvalue weighted by atomic mass is 10.0. The number of aliphatic hydroxyl groups excluding tert-OH is 1. The molecular weight excluding hydrogens is 411 g/mol. The Morgan fingerprint density at radius 3 is 1.52 bits per heavy atom. The zero-order valence-electron chi connectivity index (χ0n) is 12.6. The maximum absolute atomic E-state index is 11.1. The number of rotatable bonds is 9. The van der Waals surface area contributed by atoms with Crippen molar-refractivity contribution in [1.29, 1.82) is 0 Å². The number of likely N-dealkylation sites (tertiary alicyclic amines) is 1. The summed E-state index contributed by atoms with van der Waals surface area (Å²) in [4.78, 5) is 55.1. The first-order chi connectivity index (χ1) is 11.2. The van der Waals surface area contributed by atoms with E-state index >= 15 is 0 Å². The van der Waals surface area contributed by atoms with Crippen molar-refractivity contribution in [2.75, 3.05) is 26.2 Å². The molecule has 0 aromatic heterocycles. The molecule has 1 aliphatic rings. The SMILES string of the molecule is O=P(O)(O)OC1[C@H](OP(=O)(O)O)CN(CCCO)C[C@H]1OP(=O)(O)O. The fourth-order valence-electron chi connectivity index (χ4n) is 2.34. The van der Waals surface area contributed by atoms with Crippen molar-refractivity contribution in [1.82, 2.24) is 4.90 Å². The van der Waals surface area contributed by atoms with Crippen LogP contribution in [0.3, 0.4) is 0 Å². The molecule has 0 bridgehead atoms. The fraction of sp³-hybridized carbons (Fsp3) is 1.00. The van der Waals surface area contributed by atoms with E-state index < -0.39 is 41.8 Å². The van der Waals surface area contributed by atoms with Gasteiger partial charge in [0.2, 0.25) is 0 Å². The normalized spacial score (nSPS) is 24.6. The van der Waals surface area contributed by atoms with Gasteiger partial charge in [-0.15, -0.1) is 0 Å². The smallest absolute Gasteiger partial charge is 0.396 e. The minimum absolute atomic E-state index is 0.140. The molecule has 1 aliphatic heterocycles. The van der Waals surface area contributed by atoms with E-state index in [0.29, 0.717) is 0 Å².